The minimum Gasteiger partial charge on any atom is -0.504 e. The Hall–Kier alpha value is -2.62. The van der Waals surface area contributed by atoms with Gasteiger partial charge in [-0.25, -0.2) is 4.79 Å². The van der Waals surface area contributed by atoms with Crippen molar-refractivity contribution >= 4 is 17.8 Å². The number of carbonyl (C=O) groups is 2. The molecule has 1 aromatic carbocycles. The fraction of sp³-hybridized carbons (Fsp3) is 0.0667. The predicted molar refractivity (Wildman–Crippen MR) is 70.0 cm³/mol. The lowest BCUT2D eigenvalue weighted by Crippen LogP contribution is -2.06. The third kappa shape index (κ3) is 2.80. The fourth-order valence-electron chi connectivity index (χ4n) is 1.65. The second kappa shape index (κ2) is 5.35. The summed E-state index contributed by atoms with van der Waals surface area (Å²) in [7, 11) is 0. The van der Waals surface area contributed by atoms with E-state index in [0.717, 1.165) is 5.56 Å². The van der Waals surface area contributed by atoms with E-state index in [-0.39, 0.29) is 11.3 Å². The van der Waals surface area contributed by atoms with Gasteiger partial charge in [0.2, 0.25) is 0 Å². The first kappa shape index (κ1) is 12.8. The second-order valence-electron chi connectivity index (χ2n) is 3.97. The molecule has 1 heterocycles. The summed E-state index contributed by atoms with van der Waals surface area (Å²) in [6, 6.07) is 9.52. The van der Waals surface area contributed by atoms with Gasteiger partial charge in [0.15, 0.2) is 17.3 Å². The van der Waals surface area contributed by atoms with Gasteiger partial charge >= 0.3 is 5.97 Å². The Morgan fingerprint density at radius 1 is 1.26 bits per heavy atom. The third-order valence-electron chi connectivity index (χ3n) is 2.56. The molecule has 0 amide bonds. The van der Waals surface area contributed by atoms with Gasteiger partial charge in [0.25, 0.3) is 0 Å². The minimum atomic E-state index is -0.815. The van der Waals surface area contributed by atoms with Crippen LogP contribution in [0.15, 0.2) is 59.6 Å². The molecule has 0 saturated heterocycles. The van der Waals surface area contributed by atoms with Crippen LogP contribution in [0.2, 0.25) is 0 Å². The molecule has 0 spiro atoms. The number of aliphatic hydroxyl groups excluding tert-OH is 1. The van der Waals surface area contributed by atoms with Crippen molar-refractivity contribution in [2.24, 2.45) is 0 Å². The summed E-state index contributed by atoms with van der Waals surface area (Å²) in [6.07, 6.45) is 4.87. The van der Waals surface area contributed by atoms with E-state index < -0.39 is 17.5 Å². The number of allylic oxidation sites excluding steroid dienone is 2. The Balaban J connectivity index is 2.20. The molecule has 96 valence electrons. The van der Waals surface area contributed by atoms with Crippen LogP contribution in [0.4, 0.5) is 0 Å². The zero-order valence-electron chi connectivity index (χ0n) is 10.3. The van der Waals surface area contributed by atoms with E-state index in [9.17, 15) is 14.7 Å². The van der Waals surface area contributed by atoms with E-state index in [4.69, 9.17) is 4.74 Å². The fourth-order valence-corrected chi connectivity index (χ4v) is 1.65. The predicted octanol–water partition coefficient (Wildman–Crippen LogP) is 2.54. The molecule has 0 saturated carbocycles. The number of rotatable bonds is 3. The first-order chi connectivity index (χ1) is 9.09. The van der Waals surface area contributed by atoms with Crippen LogP contribution in [0.1, 0.15) is 12.5 Å². The van der Waals surface area contributed by atoms with Crippen LogP contribution in [0, 0.1) is 0 Å². The number of benzene rings is 1. The SMILES string of the molecule is CC(=O)C1=C(O)/C(=C/C=C\c2ccccc2)OC1=O. The molecule has 0 unspecified atom stereocenters. The molecule has 0 bridgehead atoms. The third-order valence-corrected chi connectivity index (χ3v) is 2.56. The van der Waals surface area contributed by atoms with Gasteiger partial charge in [0.05, 0.1) is 0 Å². The maximum atomic E-state index is 11.3. The van der Waals surface area contributed by atoms with Gasteiger partial charge in [0, 0.05) is 0 Å². The van der Waals surface area contributed by atoms with Crippen molar-refractivity contribution in [3.05, 3.63) is 65.1 Å². The van der Waals surface area contributed by atoms with Crippen molar-refractivity contribution in [3.63, 3.8) is 0 Å². The van der Waals surface area contributed by atoms with E-state index >= 15 is 0 Å². The van der Waals surface area contributed by atoms with Crippen molar-refractivity contribution in [1.82, 2.24) is 0 Å². The summed E-state index contributed by atoms with van der Waals surface area (Å²) >= 11 is 0. The van der Waals surface area contributed by atoms with Crippen LogP contribution < -0.4 is 0 Å². The highest BCUT2D eigenvalue weighted by atomic mass is 16.6. The molecule has 0 aliphatic carbocycles. The van der Waals surface area contributed by atoms with Crippen molar-refractivity contribution in [2.75, 3.05) is 0 Å². The van der Waals surface area contributed by atoms with E-state index in [0.29, 0.717) is 0 Å². The summed E-state index contributed by atoms with van der Waals surface area (Å²) in [6.45, 7) is 1.20. The van der Waals surface area contributed by atoms with Crippen molar-refractivity contribution in [2.45, 2.75) is 6.92 Å². The highest BCUT2D eigenvalue weighted by Gasteiger charge is 2.32. The topological polar surface area (TPSA) is 63.6 Å². The van der Waals surface area contributed by atoms with E-state index in [2.05, 4.69) is 0 Å². The summed E-state index contributed by atoms with van der Waals surface area (Å²) in [4.78, 5) is 22.5. The van der Waals surface area contributed by atoms with E-state index in [1.54, 1.807) is 12.2 Å². The first-order valence-corrected chi connectivity index (χ1v) is 5.69. The minimum absolute atomic E-state index is 0.0117. The van der Waals surface area contributed by atoms with Crippen LogP contribution >= 0.6 is 0 Å². The Bertz CT molecular complexity index is 606. The van der Waals surface area contributed by atoms with Crippen LogP contribution in [-0.4, -0.2) is 16.9 Å². The number of cyclic esters (lactones) is 1. The van der Waals surface area contributed by atoms with Crippen LogP contribution in [-0.2, 0) is 14.3 Å². The number of carbonyl (C=O) groups excluding carboxylic acids is 2. The van der Waals surface area contributed by atoms with Gasteiger partial charge in [-0.05, 0) is 18.6 Å². The van der Waals surface area contributed by atoms with Gasteiger partial charge in [-0.2, -0.15) is 0 Å². The lowest BCUT2D eigenvalue weighted by atomic mass is 10.1. The highest BCUT2D eigenvalue weighted by Crippen LogP contribution is 2.24. The normalized spacial score (nSPS) is 17.3. The molecule has 0 atom stereocenters. The van der Waals surface area contributed by atoms with Gasteiger partial charge in [-0.15, -0.1) is 0 Å². The number of ketones is 1. The van der Waals surface area contributed by atoms with Crippen molar-refractivity contribution in [3.8, 4) is 0 Å². The molecule has 4 nitrogen and oxygen atoms in total. The molecule has 0 aromatic heterocycles. The van der Waals surface area contributed by atoms with Crippen molar-refractivity contribution in [1.29, 1.82) is 0 Å². The Labute approximate surface area is 110 Å². The van der Waals surface area contributed by atoms with Gasteiger partial charge in [-0.3, -0.25) is 4.79 Å². The number of ether oxygens (including phenoxy) is 1. The summed E-state index contributed by atoms with van der Waals surface area (Å²) < 4.78 is 4.81. The van der Waals surface area contributed by atoms with Crippen molar-refractivity contribution < 1.29 is 19.4 Å². The molecule has 19 heavy (non-hydrogen) atoms. The first-order valence-electron chi connectivity index (χ1n) is 5.69. The lowest BCUT2D eigenvalue weighted by molar-refractivity contribution is -0.134. The van der Waals surface area contributed by atoms with Crippen LogP contribution in [0.3, 0.4) is 0 Å². The molecule has 1 aromatic rings. The zero-order chi connectivity index (χ0) is 13.8. The van der Waals surface area contributed by atoms with E-state index in [1.165, 1.54) is 13.0 Å². The number of Topliss-reactive ketones (excluding diaryl/α,β-unsaturated/α-hetero) is 1. The smallest absolute Gasteiger partial charge is 0.351 e. The molecule has 1 aliphatic heterocycles. The Morgan fingerprint density at radius 2 is 1.95 bits per heavy atom. The molecule has 4 heteroatoms. The lowest BCUT2D eigenvalue weighted by Gasteiger charge is -1.94. The Kier molecular flexibility index (Phi) is 3.61. The number of hydrogen-bond donors (Lipinski definition) is 1. The number of hydrogen-bond acceptors (Lipinski definition) is 4. The monoisotopic (exact) mass is 256 g/mol. The Morgan fingerprint density at radius 3 is 2.53 bits per heavy atom. The largest absolute Gasteiger partial charge is 0.504 e. The van der Waals surface area contributed by atoms with Gasteiger partial charge in [0.1, 0.15) is 5.57 Å². The quantitative estimate of drug-likeness (QED) is 0.666. The molecular formula is C15H12O4. The average molecular weight is 256 g/mol. The summed E-state index contributed by atoms with van der Waals surface area (Å²) in [5.41, 5.74) is 0.665. The van der Waals surface area contributed by atoms with E-state index in [1.807, 2.05) is 30.3 Å². The summed E-state index contributed by atoms with van der Waals surface area (Å²) in [5, 5.41) is 9.70. The number of aliphatic hydroxyl groups is 1. The molecule has 0 fully saturated rings. The second-order valence-corrected chi connectivity index (χ2v) is 3.97. The average Bonchev–Trinajstić information content (AvgIpc) is 2.66. The molecule has 2 rings (SSSR count). The van der Waals surface area contributed by atoms with Gasteiger partial charge < -0.3 is 9.84 Å². The van der Waals surface area contributed by atoms with Crippen LogP contribution in [0.25, 0.3) is 6.08 Å². The summed E-state index contributed by atoms with van der Waals surface area (Å²) in [5.74, 6) is -1.75. The van der Waals surface area contributed by atoms with Crippen LogP contribution in [0.5, 0.6) is 0 Å². The maximum absolute atomic E-state index is 11.3. The standard InChI is InChI=1S/C15H12O4/c1-10(16)13-14(17)12(19-15(13)18)9-5-8-11-6-3-2-4-7-11/h2-9,17H,1H3/b8-5-,12-9-. The number of esters is 1. The zero-order valence-corrected chi connectivity index (χ0v) is 10.3. The van der Waals surface area contributed by atoms with Gasteiger partial charge in [-0.1, -0.05) is 42.5 Å². The highest BCUT2D eigenvalue weighted by molar-refractivity contribution is 6.19. The molecule has 1 N–H and O–H groups in total. The maximum Gasteiger partial charge on any atom is 0.351 e. The molecule has 1 aliphatic rings. The molecular weight excluding hydrogens is 244 g/mol. The molecule has 0 radical (unpaired) electrons.